The average molecular weight is 375 g/mol. The zero-order chi connectivity index (χ0) is 19.1. The van der Waals surface area contributed by atoms with Gasteiger partial charge in [-0.3, -0.25) is 19.8 Å². The summed E-state index contributed by atoms with van der Waals surface area (Å²) in [6.07, 6.45) is 0. The summed E-state index contributed by atoms with van der Waals surface area (Å²) < 4.78 is 0. The van der Waals surface area contributed by atoms with Crippen LogP contribution in [0.25, 0.3) is 0 Å². The third-order valence-corrected chi connectivity index (χ3v) is 3.92. The van der Waals surface area contributed by atoms with Gasteiger partial charge in [-0.25, -0.2) is 4.79 Å². The predicted octanol–water partition coefficient (Wildman–Crippen LogP) is 2.15. The Kier molecular flexibility index (Phi) is 6.71. The maximum atomic E-state index is 12.4. The second-order valence-corrected chi connectivity index (χ2v) is 6.02. The van der Waals surface area contributed by atoms with E-state index in [1.54, 1.807) is 61.6 Å². The number of urea groups is 1. The predicted molar refractivity (Wildman–Crippen MR) is 99.6 cm³/mol. The fraction of sp³-hybridized carbons (Fsp3) is 0.167. The average Bonchev–Trinajstić information content (AvgIpc) is 2.57. The molecule has 0 radical (unpaired) electrons. The zero-order valence-corrected chi connectivity index (χ0v) is 14.9. The number of rotatable bonds is 6. The SMILES string of the molecule is CN(CC(=O)Nc1ccccc1Cl)C(C(=O)NC(N)=O)c1ccccc1. The monoisotopic (exact) mass is 374 g/mol. The number of primary amides is 1. The maximum Gasteiger partial charge on any atom is 0.318 e. The lowest BCUT2D eigenvalue weighted by molar-refractivity contribution is -0.126. The van der Waals surface area contributed by atoms with Crippen molar-refractivity contribution in [1.82, 2.24) is 10.2 Å². The Balaban J connectivity index is 2.14. The molecule has 2 aromatic rings. The van der Waals surface area contributed by atoms with Gasteiger partial charge in [0.1, 0.15) is 6.04 Å². The molecule has 2 aromatic carbocycles. The Labute approximate surface area is 156 Å². The van der Waals surface area contributed by atoms with E-state index in [0.29, 0.717) is 16.3 Å². The summed E-state index contributed by atoms with van der Waals surface area (Å²) in [5, 5.41) is 5.16. The molecule has 4 amide bonds. The number of carbonyl (C=O) groups is 3. The van der Waals surface area contributed by atoms with Crippen LogP contribution in [0, 0.1) is 0 Å². The Morgan fingerprint density at radius 2 is 1.69 bits per heavy atom. The molecule has 0 aromatic heterocycles. The highest BCUT2D eigenvalue weighted by Crippen LogP contribution is 2.22. The van der Waals surface area contributed by atoms with Crippen molar-refractivity contribution in [3.63, 3.8) is 0 Å². The smallest absolute Gasteiger partial charge is 0.318 e. The van der Waals surface area contributed by atoms with Crippen LogP contribution in [0.3, 0.4) is 0 Å². The standard InChI is InChI=1S/C18H19ClN4O3/c1-23(11-15(24)21-14-10-6-5-9-13(14)19)16(17(25)22-18(20)26)12-7-3-2-4-8-12/h2-10,16H,11H2,1H3,(H,21,24)(H3,20,22,25,26). The number of para-hydroxylation sites is 1. The summed E-state index contributed by atoms with van der Waals surface area (Å²) in [6.45, 7) is -0.100. The highest BCUT2D eigenvalue weighted by Gasteiger charge is 2.27. The van der Waals surface area contributed by atoms with Crippen molar-refractivity contribution in [2.24, 2.45) is 5.73 Å². The minimum absolute atomic E-state index is 0.100. The van der Waals surface area contributed by atoms with Gasteiger partial charge < -0.3 is 11.1 Å². The summed E-state index contributed by atoms with van der Waals surface area (Å²) in [4.78, 5) is 37.3. The molecule has 0 aliphatic heterocycles. The molecule has 0 spiro atoms. The molecule has 8 heteroatoms. The molecule has 2 rings (SSSR count). The fourth-order valence-corrected chi connectivity index (χ4v) is 2.68. The number of halogens is 1. The largest absolute Gasteiger partial charge is 0.351 e. The molecular weight excluding hydrogens is 356 g/mol. The molecule has 0 fully saturated rings. The normalized spacial score (nSPS) is 11.7. The molecule has 0 heterocycles. The number of amides is 4. The summed E-state index contributed by atoms with van der Waals surface area (Å²) >= 11 is 6.03. The van der Waals surface area contributed by atoms with E-state index in [0.717, 1.165) is 0 Å². The van der Waals surface area contributed by atoms with Gasteiger partial charge in [-0.1, -0.05) is 54.1 Å². The summed E-state index contributed by atoms with van der Waals surface area (Å²) in [6, 6.07) is 13.8. The molecule has 26 heavy (non-hydrogen) atoms. The van der Waals surface area contributed by atoms with Gasteiger partial charge in [0.05, 0.1) is 17.3 Å². The molecule has 0 aliphatic rings. The first-order valence-electron chi connectivity index (χ1n) is 7.78. The Hall–Kier alpha value is -2.90. The third-order valence-electron chi connectivity index (χ3n) is 3.59. The topological polar surface area (TPSA) is 105 Å². The summed E-state index contributed by atoms with van der Waals surface area (Å²) in [5.41, 5.74) is 6.15. The lowest BCUT2D eigenvalue weighted by Gasteiger charge is -2.26. The van der Waals surface area contributed by atoms with Crippen molar-refractivity contribution < 1.29 is 14.4 Å². The second kappa shape index (κ2) is 8.98. The number of nitrogens with two attached hydrogens (primary N) is 1. The number of imide groups is 1. The van der Waals surface area contributed by atoms with E-state index in [9.17, 15) is 14.4 Å². The second-order valence-electron chi connectivity index (χ2n) is 5.61. The summed E-state index contributed by atoms with van der Waals surface area (Å²) in [7, 11) is 1.60. The van der Waals surface area contributed by atoms with Gasteiger partial charge in [-0.05, 0) is 24.7 Å². The first-order valence-corrected chi connectivity index (χ1v) is 8.16. The quantitative estimate of drug-likeness (QED) is 0.720. The summed E-state index contributed by atoms with van der Waals surface area (Å²) in [5.74, 6) is -0.967. The number of hydrogen-bond acceptors (Lipinski definition) is 4. The van der Waals surface area contributed by atoms with Crippen LogP contribution in [0.15, 0.2) is 54.6 Å². The Morgan fingerprint density at radius 3 is 2.31 bits per heavy atom. The Morgan fingerprint density at radius 1 is 1.08 bits per heavy atom. The van der Waals surface area contributed by atoms with E-state index in [1.807, 2.05) is 0 Å². The minimum atomic E-state index is -0.954. The number of benzene rings is 2. The lowest BCUT2D eigenvalue weighted by atomic mass is 10.0. The van der Waals surface area contributed by atoms with Gasteiger partial charge in [0.15, 0.2) is 0 Å². The van der Waals surface area contributed by atoms with Crippen LogP contribution in [0.2, 0.25) is 5.02 Å². The molecule has 0 saturated carbocycles. The van der Waals surface area contributed by atoms with Crippen LogP contribution in [0.5, 0.6) is 0 Å². The number of hydrogen-bond donors (Lipinski definition) is 3. The first-order chi connectivity index (χ1) is 12.4. The number of nitrogens with one attached hydrogen (secondary N) is 2. The van der Waals surface area contributed by atoms with E-state index in [4.69, 9.17) is 17.3 Å². The van der Waals surface area contributed by atoms with Crippen LogP contribution < -0.4 is 16.4 Å². The van der Waals surface area contributed by atoms with Crippen molar-refractivity contribution in [3.8, 4) is 0 Å². The third kappa shape index (κ3) is 5.30. The van der Waals surface area contributed by atoms with Gasteiger partial charge in [-0.2, -0.15) is 0 Å². The zero-order valence-electron chi connectivity index (χ0n) is 14.1. The first kappa shape index (κ1) is 19.4. The van der Waals surface area contributed by atoms with Gasteiger partial charge >= 0.3 is 6.03 Å². The lowest BCUT2D eigenvalue weighted by Crippen LogP contribution is -2.45. The van der Waals surface area contributed by atoms with E-state index < -0.39 is 18.0 Å². The van der Waals surface area contributed by atoms with Crippen LogP contribution >= 0.6 is 11.6 Å². The van der Waals surface area contributed by atoms with Gasteiger partial charge in [0.25, 0.3) is 0 Å². The van der Waals surface area contributed by atoms with Crippen LogP contribution in [-0.4, -0.2) is 36.3 Å². The van der Waals surface area contributed by atoms with Gasteiger partial charge in [0.2, 0.25) is 11.8 Å². The van der Waals surface area contributed by atoms with E-state index in [2.05, 4.69) is 10.6 Å². The molecule has 0 bridgehead atoms. The van der Waals surface area contributed by atoms with Crippen molar-refractivity contribution in [2.75, 3.05) is 18.9 Å². The molecule has 4 N–H and O–H groups in total. The van der Waals surface area contributed by atoms with E-state index in [1.165, 1.54) is 4.90 Å². The molecule has 0 aliphatic carbocycles. The number of likely N-dealkylation sites (N-methyl/N-ethyl adjacent to an activating group) is 1. The number of nitrogens with zero attached hydrogens (tertiary/aromatic N) is 1. The minimum Gasteiger partial charge on any atom is -0.351 e. The fourth-order valence-electron chi connectivity index (χ4n) is 2.50. The molecular formula is C18H19ClN4O3. The Bertz CT molecular complexity index is 798. The van der Waals surface area contributed by atoms with E-state index in [-0.39, 0.29) is 12.5 Å². The van der Waals surface area contributed by atoms with Crippen molar-refractivity contribution >= 4 is 35.1 Å². The molecule has 7 nitrogen and oxygen atoms in total. The van der Waals surface area contributed by atoms with Crippen LogP contribution in [0.1, 0.15) is 11.6 Å². The highest BCUT2D eigenvalue weighted by atomic mass is 35.5. The number of anilines is 1. The van der Waals surface area contributed by atoms with Crippen LogP contribution in [-0.2, 0) is 9.59 Å². The van der Waals surface area contributed by atoms with Crippen molar-refractivity contribution in [3.05, 3.63) is 65.2 Å². The van der Waals surface area contributed by atoms with Crippen molar-refractivity contribution in [1.29, 1.82) is 0 Å². The number of carbonyl (C=O) groups excluding carboxylic acids is 3. The molecule has 0 saturated heterocycles. The van der Waals surface area contributed by atoms with Crippen molar-refractivity contribution in [2.45, 2.75) is 6.04 Å². The van der Waals surface area contributed by atoms with Crippen LogP contribution in [0.4, 0.5) is 10.5 Å². The molecule has 136 valence electrons. The van der Waals surface area contributed by atoms with Gasteiger partial charge in [0, 0.05) is 0 Å². The molecule has 1 unspecified atom stereocenters. The van der Waals surface area contributed by atoms with Gasteiger partial charge in [-0.15, -0.1) is 0 Å². The van der Waals surface area contributed by atoms with E-state index >= 15 is 0 Å². The highest BCUT2D eigenvalue weighted by molar-refractivity contribution is 6.33. The molecule has 1 atom stereocenters. The maximum absolute atomic E-state index is 12.4.